The first-order chi connectivity index (χ1) is 14.7. The number of hydrogen-bond donors (Lipinski definition) is 3. The van der Waals surface area contributed by atoms with Gasteiger partial charge in [-0.1, -0.05) is 18.5 Å². The van der Waals surface area contributed by atoms with Crippen LogP contribution in [0.3, 0.4) is 0 Å². The van der Waals surface area contributed by atoms with E-state index < -0.39 is 35.2 Å². The summed E-state index contributed by atoms with van der Waals surface area (Å²) in [6.07, 6.45) is 0.805. The molecule has 0 fully saturated rings. The molecule has 1 amide bonds. The van der Waals surface area contributed by atoms with E-state index in [1.54, 1.807) is 31.2 Å². The summed E-state index contributed by atoms with van der Waals surface area (Å²) >= 11 is 5.77. The molecule has 0 bridgehead atoms. The Morgan fingerprint density at radius 1 is 1.19 bits per heavy atom. The number of nitrogens with zero attached hydrogens (tertiary/aromatic N) is 1. The lowest BCUT2D eigenvalue weighted by atomic mass is 10.2. The number of anilines is 1. The van der Waals surface area contributed by atoms with Crippen LogP contribution >= 0.6 is 11.6 Å². The Balaban J connectivity index is 1.82. The molecule has 1 heterocycles. The SMILES string of the molecule is CCCn1c(N)c(C(=O)COC(=O)CCCNC(=O)c2ccc(Cl)cc2)c(=O)[nH]c1=O. The van der Waals surface area contributed by atoms with Gasteiger partial charge in [0.05, 0.1) is 0 Å². The normalized spacial score (nSPS) is 10.5. The first kappa shape index (κ1) is 23.9. The third kappa shape index (κ3) is 6.54. The number of carbonyl (C=O) groups is 3. The van der Waals surface area contributed by atoms with Crippen molar-refractivity contribution in [2.45, 2.75) is 32.7 Å². The molecule has 0 atom stereocenters. The topological polar surface area (TPSA) is 153 Å². The third-order valence-electron chi connectivity index (χ3n) is 4.28. The van der Waals surface area contributed by atoms with E-state index in [4.69, 9.17) is 22.1 Å². The van der Waals surface area contributed by atoms with Crippen molar-refractivity contribution < 1.29 is 19.1 Å². The van der Waals surface area contributed by atoms with Gasteiger partial charge < -0.3 is 15.8 Å². The highest BCUT2D eigenvalue weighted by atomic mass is 35.5. The summed E-state index contributed by atoms with van der Waals surface area (Å²) in [6, 6.07) is 6.34. The van der Waals surface area contributed by atoms with Gasteiger partial charge in [-0.2, -0.15) is 0 Å². The second-order valence-electron chi connectivity index (χ2n) is 6.62. The van der Waals surface area contributed by atoms with Crippen LogP contribution in [0.5, 0.6) is 0 Å². The number of hydrogen-bond acceptors (Lipinski definition) is 7. The van der Waals surface area contributed by atoms with Crippen LogP contribution in [0.4, 0.5) is 5.82 Å². The number of aromatic nitrogens is 2. The average molecular weight is 451 g/mol. The zero-order valence-electron chi connectivity index (χ0n) is 16.9. The summed E-state index contributed by atoms with van der Waals surface area (Å²) in [5.41, 5.74) is 4.17. The van der Waals surface area contributed by atoms with E-state index in [0.29, 0.717) is 17.0 Å². The lowest BCUT2D eigenvalue weighted by Gasteiger charge is -2.11. The molecule has 2 aromatic rings. The number of benzene rings is 1. The molecule has 4 N–H and O–H groups in total. The summed E-state index contributed by atoms with van der Waals surface area (Å²) in [6.45, 7) is 1.56. The Morgan fingerprint density at radius 3 is 2.52 bits per heavy atom. The smallest absolute Gasteiger partial charge is 0.329 e. The van der Waals surface area contributed by atoms with Gasteiger partial charge in [0.1, 0.15) is 11.4 Å². The molecular weight excluding hydrogens is 428 g/mol. The molecule has 0 unspecified atom stereocenters. The molecule has 31 heavy (non-hydrogen) atoms. The largest absolute Gasteiger partial charge is 0.457 e. The third-order valence-corrected chi connectivity index (χ3v) is 4.53. The first-order valence-corrected chi connectivity index (χ1v) is 9.97. The van der Waals surface area contributed by atoms with Crippen LogP contribution in [0.1, 0.15) is 46.9 Å². The fourth-order valence-electron chi connectivity index (χ4n) is 2.73. The number of nitrogens with one attached hydrogen (secondary N) is 2. The number of ether oxygens (including phenoxy) is 1. The molecule has 166 valence electrons. The molecule has 0 spiro atoms. The molecule has 0 radical (unpaired) electrons. The van der Waals surface area contributed by atoms with Crippen LogP contribution in [0.25, 0.3) is 0 Å². The van der Waals surface area contributed by atoms with Crippen LogP contribution in [0.2, 0.25) is 5.02 Å². The fourth-order valence-corrected chi connectivity index (χ4v) is 2.86. The van der Waals surface area contributed by atoms with Gasteiger partial charge in [-0.3, -0.25) is 28.7 Å². The van der Waals surface area contributed by atoms with Gasteiger partial charge in [0, 0.05) is 30.1 Å². The summed E-state index contributed by atoms with van der Waals surface area (Å²) in [7, 11) is 0. The van der Waals surface area contributed by atoms with Gasteiger partial charge in [-0.05, 0) is 37.1 Å². The highest BCUT2D eigenvalue weighted by Gasteiger charge is 2.20. The van der Waals surface area contributed by atoms with Gasteiger partial charge in [0.2, 0.25) is 5.78 Å². The highest BCUT2D eigenvalue weighted by molar-refractivity contribution is 6.30. The number of ketones is 1. The zero-order chi connectivity index (χ0) is 23.0. The molecule has 11 heteroatoms. The molecule has 2 rings (SSSR count). The molecular formula is C20H23ClN4O6. The summed E-state index contributed by atoms with van der Waals surface area (Å²) < 4.78 is 5.97. The number of nitrogen functional groups attached to an aromatic ring is 1. The zero-order valence-corrected chi connectivity index (χ0v) is 17.7. The van der Waals surface area contributed by atoms with E-state index in [9.17, 15) is 24.0 Å². The Hall–Kier alpha value is -3.40. The minimum atomic E-state index is -0.930. The second kappa shape index (κ2) is 11.1. The van der Waals surface area contributed by atoms with Crippen molar-refractivity contribution in [1.82, 2.24) is 14.9 Å². The van der Waals surface area contributed by atoms with Crippen molar-refractivity contribution in [2.24, 2.45) is 0 Å². The van der Waals surface area contributed by atoms with Crippen LogP contribution in [0.15, 0.2) is 33.9 Å². The standard InChI is InChI=1S/C20H23ClN4O6/c1-2-10-25-17(22)16(19(29)24-20(25)30)14(26)11-31-15(27)4-3-9-23-18(28)12-5-7-13(21)8-6-12/h5-8H,2-4,9-11,22H2,1H3,(H,23,28)(H,24,29,30). The number of aromatic amines is 1. The fraction of sp³-hybridized carbons (Fsp3) is 0.350. The van der Waals surface area contributed by atoms with Crippen molar-refractivity contribution >= 4 is 35.1 Å². The van der Waals surface area contributed by atoms with Gasteiger partial charge in [-0.15, -0.1) is 0 Å². The van der Waals surface area contributed by atoms with E-state index in [0.717, 1.165) is 4.57 Å². The maximum atomic E-state index is 12.3. The molecule has 1 aromatic carbocycles. The van der Waals surface area contributed by atoms with E-state index >= 15 is 0 Å². The van der Waals surface area contributed by atoms with Gasteiger partial charge >= 0.3 is 11.7 Å². The molecule has 1 aromatic heterocycles. The van der Waals surface area contributed by atoms with E-state index in [1.807, 2.05) is 4.98 Å². The predicted molar refractivity (Wildman–Crippen MR) is 114 cm³/mol. The highest BCUT2D eigenvalue weighted by Crippen LogP contribution is 2.09. The molecule has 0 aliphatic heterocycles. The Kier molecular flexibility index (Phi) is 8.56. The van der Waals surface area contributed by atoms with Crippen molar-refractivity contribution in [1.29, 1.82) is 0 Å². The van der Waals surface area contributed by atoms with E-state index in [2.05, 4.69) is 5.32 Å². The van der Waals surface area contributed by atoms with Crippen LogP contribution in [0, 0.1) is 0 Å². The predicted octanol–water partition coefficient (Wildman–Crippen LogP) is 1.12. The number of halogens is 1. The molecule has 0 saturated heterocycles. The van der Waals surface area contributed by atoms with Crippen molar-refractivity contribution in [3.63, 3.8) is 0 Å². The summed E-state index contributed by atoms with van der Waals surface area (Å²) in [5, 5.41) is 3.17. The maximum Gasteiger partial charge on any atom is 0.329 e. The maximum absolute atomic E-state index is 12.3. The number of nitrogens with two attached hydrogens (primary N) is 1. The first-order valence-electron chi connectivity index (χ1n) is 9.59. The minimum Gasteiger partial charge on any atom is -0.457 e. The van der Waals surface area contributed by atoms with Gasteiger partial charge in [0.15, 0.2) is 6.61 Å². The van der Waals surface area contributed by atoms with Crippen molar-refractivity contribution in [3.8, 4) is 0 Å². The Morgan fingerprint density at radius 2 is 1.87 bits per heavy atom. The van der Waals surface area contributed by atoms with Crippen LogP contribution in [-0.2, 0) is 16.1 Å². The Labute approximate surface area is 182 Å². The Bertz CT molecular complexity index is 1070. The lowest BCUT2D eigenvalue weighted by molar-refractivity contribution is -0.142. The number of rotatable bonds is 10. The summed E-state index contributed by atoms with van der Waals surface area (Å²) in [4.78, 5) is 61.9. The van der Waals surface area contributed by atoms with Crippen molar-refractivity contribution in [2.75, 3.05) is 18.9 Å². The van der Waals surface area contributed by atoms with E-state index in [-0.39, 0.29) is 37.7 Å². The molecule has 10 nitrogen and oxygen atoms in total. The van der Waals surface area contributed by atoms with Crippen LogP contribution < -0.4 is 22.3 Å². The number of carbonyl (C=O) groups excluding carboxylic acids is 3. The quantitative estimate of drug-likeness (QED) is 0.278. The van der Waals surface area contributed by atoms with Crippen LogP contribution in [-0.4, -0.2) is 40.4 Å². The van der Waals surface area contributed by atoms with Crippen molar-refractivity contribution in [3.05, 3.63) is 61.3 Å². The number of Topliss-reactive ketones (excluding diaryl/α,β-unsaturated/α-hetero) is 1. The number of H-pyrrole nitrogens is 1. The number of amides is 1. The lowest BCUT2D eigenvalue weighted by Crippen LogP contribution is -2.37. The summed E-state index contributed by atoms with van der Waals surface area (Å²) in [5.74, 6) is -2.06. The monoisotopic (exact) mass is 450 g/mol. The second-order valence-corrected chi connectivity index (χ2v) is 7.06. The van der Waals surface area contributed by atoms with Gasteiger partial charge in [-0.25, -0.2) is 4.79 Å². The van der Waals surface area contributed by atoms with E-state index in [1.165, 1.54) is 0 Å². The molecule has 0 aliphatic carbocycles. The number of esters is 1. The average Bonchev–Trinajstić information content (AvgIpc) is 2.73. The molecule has 0 aliphatic rings. The molecule has 0 saturated carbocycles. The minimum absolute atomic E-state index is 0.0463. The van der Waals surface area contributed by atoms with Gasteiger partial charge in [0.25, 0.3) is 11.5 Å².